The first kappa shape index (κ1) is 10.4. The van der Waals surface area contributed by atoms with Crippen molar-refractivity contribution in [2.45, 2.75) is 13.3 Å². The summed E-state index contributed by atoms with van der Waals surface area (Å²) in [7, 11) is 1.95. The Hall–Kier alpha value is -1.09. The minimum absolute atomic E-state index is 1.04. The molecule has 1 heterocycles. The first-order chi connectivity index (χ1) is 7.22. The summed E-state index contributed by atoms with van der Waals surface area (Å²) in [5, 5.41) is 4.20. The van der Waals surface area contributed by atoms with Crippen molar-refractivity contribution in [3.63, 3.8) is 0 Å². The number of benzene rings is 1. The summed E-state index contributed by atoms with van der Waals surface area (Å²) in [4.78, 5) is 0. The fourth-order valence-corrected chi connectivity index (χ4v) is 2.21. The maximum Gasteiger partial charge on any atom is 0.0821 e. The molecule has 0 atom stereocenters. The van der Waals surface area contributed by atoms with E-state index in [9.17, 15) is 0 Å². The molecule has 2 nitrogen and oxygen atoms in total. The summed E-state index contributed by atoms with van der Waals surface area (Å²) in [5.74, 6) is 0. The molecule has 0 unspecified atom stereocenters. The van der Waals surface area contributed by atoms with Gasteiger partial charge in [0.2, 0.25) is 0 Å². The molecule has 0 saturated heterocycles. The van der Waals surface area contributed by atoms with Crippen LogP contribution in [-0.2, 0) is 13.5 Å². The number of aryl methyl sites for hydroxylation is 2. The molecule has 1 aromatic carbocycles. The first-order valence-corrected chi connectivity index (χ1v) is 5.78. The Morgan fingerprint density at radius 1 is 1.27 bits per heavy atom. The van der Waals surface area contributed by atoms with Crippen molar-refractivity contribution < 1.29 is 0 Å². The van der Waals surface area contributed by atoms with Gasteiger partial charge in [0.05, 0.1) is 16.4 Å². The number of hydrogen-bond acceptors (Lipinski definition) is 1. The maximum atomic E-state index is 4.20. The van der Waals surface area contributed by atoms with Crippen molar-refractivity contribution in [2.75, 3.05) is 0 Å². The summed E-state index contributed by atoms with van der Waals surface area (Å²) in [6.07, 6.45) is 2.90. The Morgan fingerprint density at radius 3 is 2.40 bits per heavy atom. The van der Waals surface area contributed by atoms with Crippen LogP contribution in [0.1, 0.15) is 12.5 Å². The van der Waals surface area contributed by atoms with Crippen LogP contribution in [0.15, 0.2) is 34.9 Å². The standard InChI is InChI=1S/C12H13BrN2/c1-3-9-4-6-10(7-5-9)12-11(13)8-14-15(12)2/h4-8H,3H2,1-2H3. The molecule has 0 bridgehead atoms. The zero-order valence-electron chi connectivity index (χ0n) is 8.87. The van der Waals surface area contributed by atoms with Crippen LogP contribution in [0, 0.1) is 0 Å². The van der Waals surface area contributed by atoms with Crippen LogP contribution in [0.4, 0.5) is 0 Å². The van der Waals surface area contributed by atoms with Gasteiger partial charge in [0, 0.05) is 12.6 Å². The molecule has 0 spiro atoms. The second-order valence-electron chi connectivity index (χ2n) is 3.52. The summed E-state index contributed by atoms with van der Waals surface area (Å²) in [6, 6.07) is 8.60. The highest BCUT2D eigenvalue weighted by Gasteiger charge is 2.07. The summed E-state index contributed by atoms with van der Waals surface area (Å²) < 4.78 is 2.92. The van der Waals surface area contributed by atoms with Gasteiger partial charge in [0.15, 0.2) is 0 Å². The van der Waals surface area contributed by atoms with Crippen molar-refractivity contribution in [1.29, 1.82) is 0 Å². The lowest BCUT2D eigenvalue weighted by Crippen LogP contribution is -1.93. The first-order valence-electron chi connectivity index (χ1n) is 4.99. The van der Waals surface area contributed by atoms with E-state index < -0.39 is 0 Å². The fraction of sp³-hybridized carbons (Fsp3) is 0.250. The molecule has 0 aliphatic carbocycles. The summed E-state index contributed by atoms with van der Waals surface area (Å²) in [5.41, 5.74) is 3.67. The van der Waals surface area contributed by atoms with Crippen LogP contribution in [0.5, 0.6) is 0 Å². The third kappa shape index (κ3) is 1.97. The topological polar surface area (TPSA) is 17.8 Å². The van der Waals surface area contributed by atoms with Gasteiger partial charge in [-0.25, -0.2) is 0 Å². The lowest BCUT2D eigenvalue weighted by atomic mass is 10.1. The predicted molar refractivity (Wildman–Crippen MR) is 65.7 cm³/mol. The van der Waals surface area contributed by atoms with E-state index in [0.717, 1.165) is 16.6 Å². The van der Waals surface area contributed by atoms with E-state index in [1.54, 1.807) is 0 Å². The van der Waals surface area contributed by atoms with Gasteiger partial charge in [0.25, 0.3) is 0 Å². The average molecular weight is 265 g/mol. The highest BCUT2D eigenvalue weighted by Crippen LogP contribution is 2.27. The molecule has 0 saturated carbocycles. The van der Waals surface area contributed by atoms with Gasteiger partial charge in [0.1, 0.15) is 0 Å². The third-order valence-corrected chi connectivity index (χ3v) is 3.11. The zero-order chi connectivity index (χ0) is 10.8. The van der Waals surface area contributed by atoms with E-state index in [-0.39, 0.29) is 0 Å². The van der Waals surface area contributed by atoms with Crippen molar-refractivity contribution in [1.82, 2.24) is 9.78 Å². The highest BCUT2D eigenvalue weighted by atomic mass is 79.9. The van der Waals surface area contributed by atoms with E-state index in [1.165, 1.54) is 11.1 Å². The number of halogens is 1. The van der Waals surface area contributed by atoms with Crippen LogP contribution in [0.25, 0.3) is 11.3 Å². The molecule has 78 valence electrons. The third-order valence-electron chi connectivity index (χ3n) is 2.53. The number of aromatic nitrogens is 2. The van der Waals surface area contributed by atoms with Gasteiger partial charge in [-0.05, 0) is 27.9 Å². The summed E-state index contributed by atoms with van der Waals surface area (Å²) in [6.45, 7) is 2.16. The van der Waals surface area contributed by atoms with Gasteiger partial charge in [-0.2, -0.15) is 5.10 Å². The smallest absolute Gasteiger partial charge is 0.0821 e. The molecule has 1 aromatic heterocycles. The highest BCUT2D eigenvalue weighted by molar-refractivity contribution is 9.10. The lowest BCUT2D eigenvalue weighted by Gasteiger charge is -2.04. The molecule has 15 heavy (non-hydrogen) atoms. The zero-order valence-corrected chi connectivity index (χ0v) is 10.5. The monoisotopic (exact) mass is 264 g/mol. The quantitative estimate of drug-likeness (QED) is 0.813. The Balaban J connectivity index is 2.45. The Morgan fingerprint density at radius 2 is 1.93 bits per heavy atom. The fourth-order valence-electron chi connectivity index (χ4n) is 1.63. The molecule has 0 aliphatic heterocycles. The normalized spacial score (nSPS) is 10.6. The van der Waals surface area contributed by atoms with E-state index in [1.807, 2.05) is 17.9 Å². The van der Waals surface area contributed by atoms with E-state index in [2.05, 4.69) is 52.2 Å². The molecule has 0 aliphatic rings. The Labute approximate surface area is 98.1 Å². The van der Waals surface area contributed by atoms with Crippen molar-refractivity contribution in [3.05, 3.63) is 40.5 Å². The minimum atomic E-state index is 1.04. The molecule has 2 rings (SSSR count). The second-order valence-corrected chi connectivity index (χ2v) is 4.37. The van der Waals surface area contributed by atoms with Crippen molar-refractivity contribution in [3.8, 4) is 11.3 Å². The average Bonchev–Trinajstić information content (AvgIpc) is 2.59. The van der Waals surface area contributed by atoms with Crippen LogP contribution in [0.3, 0.4) is 0 Å². The van der Waals surface area contributed by atoms with Crippen LogP contribution >= 0.6 is 15.9 Å². The van der Waals surface area contributed by atoms with Crippen LogP contribution < -0.4 is 0 Å². The Bertz CT molecular complexity index is 437. The molecule has 2 aromatic rings. The van der Waals surface area contributed by atoms with Gasteiger partial charge >= 0.3 is 0 Å². The lowest BCUT2D eigenvalue weighted by molar-refractivity contribution is 0.775. The minimum Gasteiger partial charge on any atom is -0.267 e. The summed E-state index contributed by atoms with van der Waals surface area (Å²) >= 11 is 3.51. The largest absolute Gasteiger partial charge is 0.267 e. The molecular formula is C12H13BrN2. The molecule has 0 fully saturated rings. The predicted octanol–water partition coefficient (Wildman–Crippen LogP) is 3.41. The maximum absolute atomic E-state index is 4.20. The van der Waals surface area contributed by atoms with Crippen molar-refractivity contribution >= 4 is 15.9 Å². The molecule has 0 N–H and O–H groups in total. The van der Waals surface area contributed by atoms with E-state index >= 15 is 0 Å². The Kier molecular flexibility index (Phi) is 2.91. The number of hydrogen-bond donors (Lipinski definition) is 0. The van der Waals surface area contributed by atoms with E-state index in [4.69, 9.17) is 0 Å². The number of rotatable bonds is 2. The van der Waals surface area contributed by atoms with Gasteiger partial charge in [-0.1, -0.05) is 31.2 Å². The molecule has 0 radical (unpaired) electrons. The van der Waals surface area contributed by atoms with Gasteiger partial charge < -0.3 is 0 Å². The van der Waals surface area contributed by atoms with Gasteiger partial charge in [-0.3, -0.25) is 4.68 Å². The van der Waals surface area contributed by atoms with Crippen LogP contribution in [0.2, 0.25) is 0 Å². The molecule has 0 amide bonds. The second kappa shape index (κ2) is 4.19. The van der Waals surface area contributed by atoms with Crippen LogP contribution in [-0.4, -0.2) is 9.78 Å². The molecule has 3 heteroatoms. The van der Waals surface area contributed by atoms with Gasteiger partial charge in [-0.15, -0.1) is 0 Å². The number of nitrogens with zero attached hydrogens (tertiary/aromatic N) is 2. The molecular weight excluding hydrogens is 252 g/mol. The van der Waals surface area contributed by atoms with E-state index in [0.29, 0.717) is 0 Å². The SMILES string of the molecule is CCc1ccc(-c2c(Br)cnn2C)cc1. The van der Waals surface area contributed by atoms with Crippen molar-refractivity contribution in [2.24, 2.45) is 7.05 Å².